The summed E-state index contributed by atoms with van der Waals surface area (Å²) in [5.41, 5.74) is 3.80. The lowest BCUT2D eigenvalue weighted by atomic mass is 10.0. The summed E-state index contributed by atoms with van der Waals surface area (Å²) < 4.78 is 1.02. The molecule has 0 aliphatic heterocycles. The van der Waals surface area contributed by atoms with Gasteiger partial charge in [-0.25, -0.2) is 9.97 Å². The molecule has 0 amide bonds. The van der Waals surface area contributed by atoms with E-state index >= 15 is 0 Å². The zero-order valence-electron chi connectivity index (χ0n) is 22.8. The fourth-order valence-electron chi connectivity index (χ4n) is 5.18. The molecule has 0 bridgehead atoms. The molecule has 1 saturated carbocycles. The second kappa shape index (κ2) is 11.1. The second-order valence-electron chi connectivity index (χ2n) is 10.5. The predicted octanol–water partition coefficient (Wildman–Crippen LogP) is 4.75. The van der Waals surface area contributed by atoms with Crippen LogP contribution in [0.5, 0.6) is 0 Å². The maximum Gasteiger partial charge on any atom is 0.225 e. The molecule has 1 aliphatic rings. The number of pyridine rings is 1. The molecule has 0 spiro atoms. The summed E-state index contributed by atoms with van der Waals surface area (Å²) >= 11 is 1.52. The van der Waals surface area contributed by atoms with Crippen LogP contribution in [-0.2, 0) is 6.42 Å². The summed E-state index contributed by atoms with van der Waals surface area (Å²) in [6.45, 7) is 7.90. The molecule has 1 fully saturated rings. The summed E-state index contributed by atoms with van der Waals surface area (Å²) in [6.07, 6.45) is 3.21. The van der Waals surface area contributed by atoms with Gasteiger partial charge in [0.1, 0.15) is 22.4 Å². The fourth-order valence-corrected chi connectivity index (χ4v) is 6.26. The van der Waals surface area contributed by atoms with Crippen LogP contribution >= 0.6 is 11.3 Å². The minimum atomic E-state index is -1.64. The number of rotatable bonds is 9. The number of aliphatic hydroxyl groups excluding tert-OH is 2. The van der Waals surface area contributed by atoms with Crippen LogP contribution in [0.25, 0.3) is 20.8 Å². The molecule has 3 heterocycles. The van der Waals surface area contributed by atoms with Gasteiger partial charge >= 0.3 is 0 Å². The first-order valence-corrected chi connectivity index (χ1v) is 14.3. The first-order chi connectivity index (χ1) is 18.7. The molecule has 10 heteroatoms. The zero-order chi connectivity index (χ0) is 27.7. The smallest absolute Gasteiger partial charge is 0.225 e. The van der Waals surface area contributed by atoms with E-state index in [2.05, 4.69) is 53.7 Å². The third kappa shape index (κ3) is 5.47. The van der Waals surface area contributed by atoms with Crippen molar-refractivity contribution in [2.24, 2.45) is 5.92 Å². The lowest BCUT2D eigenvalue weighted by Crippen LogP contribution is -2.48. The van der Waals surface area contributed by atoms with Crippen LogP contribution in [0.15, 0.2) is 36.5 Å². The SMILES string of the molecule is CCCc1nccc2sc(-c3c(C)nc(NC(C)c4ccc(C)cc4)nc3NC3(O)CCC(CO)C3O)nc12. The van der Waals surface area contributed by atoms with Crippen LogP contribution in [-0.4, -0.2) is 53.7 Å². The minimum Gasteiger partial charge on any atom is -0.396 e. The van der Waals surface area contributed by atoms with Gasteiger partial charge in [-0.3, -0.25) is 4.98 Å². The Labute approximate surface area is 232 Å². The lowest BCUT2D eigenvalue weighted by Gasteiger charge is -2.31. The van der Waals surface area contributed by atoms with Crippen molar-refractivity contribution in [1.82, 2.24) is 19.9 Å². The quantitative estimate of drug-likeness (QED) is 0.188. The van der Waals surface area contributed by atoms with E-state index in [1.54, 1.807) is 0 Å². The number of hydrogen-bond acceptors (Lipinski definition) is 10. The highest BCUT2D eigenvalue weighted by Crippen LogP contribution is 2.41. The normalized spacial score (nSPS) is 21.8. The van der Waals surface area contributed by atoms with Crippen molar-refractivity contribution >= 4 is 33.3 Å². The minimum absolute atomic E-state index is 0.0623. The number of hydrogen-bond donors (Lipinski definition) is 5. The molecule has 5 N–H and O–H groups in total. The number of thiazole rings is 1. The van der Waals surface area contributed by atoms with Gasteiger partial charge in [0.05, 0.1) is 27.7 Å². The van der Waals surface area contributed by atoms with Gasteiger partial charge in [0, 0.05) is 18.7 Å². The van der Waals surface area contributed by atoms with Gasteiger partial charge in [0.25, 0.3) is 0 Å². The molecule has 39 heavy (non-hydrogen) atoms. The summed E-state index contributed by atoms with van der Waals surface area (Å²) in [6, 6.07) is 10.2. The van der Waals surface area contributed by atoms with E-state index in [0.717, 1.165) is 34.3 Å². The molecule has 9 nitrogen and oxygen atoms in total. The number of anilines is 2. The van der Waals surface area contributed by atoms with E-state index in [0.29, 0.717) is 34.5 Å². The number of aromatic nitrogens is 4. The van der Waals surface area contributed by atoms with Gasteiger partial charge in [-0.05, 0) is 51.7 Å². The molecule has 1 aliphatic carbocycles. The number of fused-ring (bicyclic) bond motifs is 1. The number of benzene rings is 1. The van der Waals surface area contributed by atoms with E-state index in [1.165, 1.54) is 16.9 Å². The van der Waals surface area contributed by atoms with Gasteiger partial charge in [-0.1, -0.05) is 43.2 Å². The summed E-state index contributed by atoms with van der Waals surface area (Å²) in [4.78, 5) is 19.1. The Hall–Kier alpha value is -3.18. The van der Waals surface area contributed by atoms with E-state index in [4.69, 9.17) is 15.0 Å². The monoisotopic (exact) mass is 548 g/mol. The van der Waals surface area contributed by atoms with Gasteiger partial charge in [0.15, 0.2) is 5.72 Å². The van der Waals surface area contributed by atoms with Gasteiger partial charge < -0.3 is 26.0 Å². The Balaban J connectivity index is 1.57. The van der Waals surface area contributed by atoms with Gasteiger partial charge in [-0.2, -0.15) is 4.98 Å². The first kappa shape index (κ1) is 27.4. The van der Waals surface area contributed by atoms with Crippen LogP contribution in [0.1, 0.15) is 61.7 Å². The Kier molecular flexibility index (Phi) is 7.82. The molecule has 4 atom stereocenters. The molecule has 4 unspecified atom stereocenters. The van der Waals surface area contributed by atoms with Crippen molar-refractivity contribution < 1.29 is 15.3 Å². The summed E-state index contributed by atoms with van der Waals surface area (Å²) in [7, 11) is 0. The second-order valence-corrected chi connectivity index (χ2v) is 11.5. The van der Waals surface area contributed by atoms with Crippen molar-refractivity contribution in [2.75, 3.05) is 17.2 Å². The van der Waals surface area contributed by atoms with Crippen molar-refractivity contribution in [2.45, 2.75) is 71.2 Å². The van der Waals surface area contributed by atoms with E-state index in [-0.39, 0.29) is 19.1 Å². The average Bonchev–Trinajstić information content (AvgIpc) is 3.45. The number of aryl methyl sites for hydroxylation is 3. The highest BCUT2D eigenvalue weighted by molar-refractivity contribution is 7.21. The van der Waals surface area contributed by atoms with Crippen LogP contribution in [0.4, 0.5) is 11.8 Å². The van der Waals surface area contributed by atoms with Crippen molar-refractivity contribution in [1.29, 1.82) is 0 Å². The maximum atomic E-state index is 11.4. The molecule has 206 valence electrons. The highest BCUT2D eigenvalue weighted by Gasteiger charge is 2.47. The molecule has 0 saturated heterocycles. The standard InChI is InChI=1S/C29H36N6O3S/c1-5-6-21-24-22(12-14-30-21)39-27(33-24)23-18(4)32-28(31-17(3)19-9-7-16(2)8-10-19)34-26(23)35-29(38)13-11-20(15-36)25(29)37/h7-10,12,14,17,20,25,36-38H,5-6,11,13,15H2,1-4H3,(H2,31,32,34,35). The van der Waals surface area contributed by atoms with Crippen molar-refractivity contribution in [3.05, 3.63) is 59.0 Å². The lowest BCUT2D eigenvalue weighted by molar-refractivity contribution is -0.0545. The van der Waals surface area contributed by atoms with Crippen molar-refractivity contribution in [3.63, 3.8) is 0 Å². The molecule has 4 aromatic rings. The zero-order valence-corrected chi connectivity index (χ0v) is 23.6. The van der Waals surface area contributed by atoms with Crippen LogP contribution in [0.3, 0.4) is 0 Å². The van der Waals surface area contributed by atoms with Crippen molar-refractivity contribution in [3.8, 4) is 10.6 Å². The largest absolute Gasteiger partial charge is 0.396 e. The predicted molar refractivity (Wildman–Crippen MR) is 155 cm³/mol. The Morgan fingerprint density at radius 1 is 1.13 bits per heavy atom. The van der Waals surface area contributed by atoms with E-state index < -0.39 is 17.7 Å². The number of nitrogens with zero attached hydrogens (tertiary/aromatic N) is 4. The maximum absolute atomic E-state index is 11.4. The van der Waals surface area contributed by atoms with Gasteiger partial charge in [0.2, 0.25) is 5.95 Å². The topological polar surface area (TPSA) is 136 Å². The third-order valence-electron chi connectivity index (χ3n) is 7.50. The molecular weight excluding hydrogens is 512 g/mol. The third-order valence-corrected chi connectivity index (χ3v) is 8.54. The summed E-state index contributed by atoms with van der Waals surface area (Å²) in [5.74, 6) is 0.361. The number of aliphatic hydroxyl groups is 3. The number of nitrogens with one attached hydrogen (secondary N) is 2. The molecule has 3 aromatic heterocycles. The van der Waals surface area contributed by atoms with Crippen LogP contribution < -0.4 is 10.6 Å². The molecule has 1 aromatic carbocycles. The van der Waals surface area contributed by atoms with E-state index in [1.807, 2.05) is 26.1 Å². The van der Waals surface area contributed by atoms with E-state index in [9.17, 15) is 15.3 Å². The molecule has 5 rings (SSSR count). The first-order valence-electron chi connectivity index (χ1n) is 13.5. The van der Waals surface area contributed by atoms with Crippen LogP contribution in [0, 0.1) is 19.8 Å². The summed E-state index contributed by atoms with van der Waals surface area (Å²) in [5, 5.41) is 39.2. The molecule has 0 radical (unpaired) electrons. The van der Waals surface area contributed by atoms with Gasteiger partial charge in [-0.15, -0.1) is 11.3 Å². The Bertz CT molecular complexity index is 1460. The Morgan fingerprint density at radius 2 is 1.90 bits per heavy atom. The highest BCUT2D eigenvalue weighted by atomic mass is 32.1. The Morgan fingerprint density at radius 3 is 2.59 bits per heavy atom. The average molecular weight is 549 g/mol. The fraction of sp³-hybridized carbons (Fsp3) is 0.448. The molecular formula is C29H36N6O3S. The van der Waals surface area contributed by atoms with Crippen LogP contribution in [0.2, 0.25) is 0 Å².